The van der Waals surface area contributed by atoms with Crippen molar-refractivity contribution in [2.45, 2.75) is 108 Å². The van der Waals surface area contributed by atoms with Crippen LogP contribution in [-0.4, -0.2) is 164 Å². The average Bonchev–Trinajstić information content (AvgIpc) is 3.78. The number of allylic oxidation sites excluding steroid dienone is 1. The molecule has 2 aromatic rings. The van der Waals surface area contributed by atoms with E-state index in [1.54, 1.807) is 13.0 Å². The van der Waals surface area contributed by atoms with E-state index in [9.17, 15) is 68.1 Å². The fraction of sp³-hybridized carbons (Fsp3) is 0.706. The van der Waals surface area contributed by atoms with E-state index < -0.39 is 109 Å². The van der Waals surface area contributed by atoms with Crippen LogP contribution in [0.4, 0.5) is 5.82 Å². The lowest BCUT2D eigenvalue weighted by Gasteiger charge is -2.35. The summed E-state index contributed by atoms with van der Waals surface area (Å²) in [6, 6.07) is 0. The molecule has 2 aromatic heterocycles. The number of fused-ring (bicyclic) bond motifs is 1. The summed E-state index contributed by atoms with van der Waals surface area (Å²) in [4.78, 5) is 88.1. The quantitative estimate of drug-likeness (QED) is 0.0314. The first-order valence-electron chi connectivity index (χ1n) is 20.1. The van der Waals surface area contributed by atoms with Crippen LogP contribution >= 0.6 is 35.2 Å². The predicted octanol–water partition coefficient (Wildman–Crippen LogP) is -0.735. The van der Waals surface area contributed by atoms with E-state index in [2.05, 4.69) is 34.4 Å². The van der Waals surface area contributed by atoms with Gasteiger partial charge in [0.15, 0.2) is 24.0 Å². The number of nitrogens with two attached hydrogens (primary N) is 1. The van der Waals surface area contributed by atoms with Crippen molar-refractivity contribution >= 4 is 69.1 Å². The summed E-state index contributed by atoms with van der Waals surface area (Å²) in [6.45, 7) is 2.37. The summed E-state index contributed by atoms with van der Waals surface area (Å²) in [7, 11) is -16.5. The van der Waals surface area contributed by atoms with E-state index in [1.807, 2.05) is 0 Å². The molecule has 0 aliphatic carbocycles. The number of unbranched alkanes of at least 4 members (excludes halogenated alkanes) is 2. The number of nitrogen functional groups attached to an aromatic ring is 1. The maximum absolute atomic E-state index is 12.7. The van der Waals surface area contributed by atoms with Gasteiger partial charge in [-0.05, 0) is 32.3 Å². The largest absolute Gasteiger partial charge is 0.481 e. The molecule has 2 amide bonds. The first-order valence-corrected chi connectivity index (χ1v) is 25.7. The number of nitrogens with zero attached hydrogens (tertiary/aromatic N) is 4. The number of aromatic nitrogens is 4. The number of aliphatic hydroxyl groups is 4. The molecule has 28 nitrogen and oxygen atoms in total. The highest BCUT2D eigenvalue weighted by Gasteiger charge is 2.50. The van der Waals surface area contributed by atoms with E-state index in [0.29, 0.717) is 19.4 Å². The van der Waals surface area contributed by atoms with Crippen LogP contribution in [0.3, 0.4) is 0 Å². The summed E-state index contributed by atoms with van der Waals surface area (Å²) in [5, 5.41) is 45.9. The van der Waals surface area contributed by atoms with Crippen molar-refractivity contribution in [1.29, 1.82) is 0 Å². The van der Waals surface area contributed by atoms with Gasteiger partial charge in [0.05, 0.1) is 31.7 Å². The van der Waals surface area contributed by atoms with Crippen LogP contribution in [0, 0.1) is 5.41 Å². The standard InChI is InChI=1S/C34H56N7O21P3S/c1-19-20(42)14-21(43)33(59-19)56-12-7-5-4-6-8-24(45)66-13-11-36-23(44)9-10-37-31(48)28(47)34(2,3)16-58-65(54,55)62-64(52,53)57-15-22-27(61-63(49,50)51)26(46)32(60-22)41-18-40-25-29(35)38-17-39-30(25)41/h6,8,17-22,26-28,32-33,42-43,46-47H,4-5,7,9-16H2,1-3H3,(H,36,44)(H,37,48)(H,52,53)(H,54,55)(H2,35,38,39)(H2,49,50,51)/b8-6+/t19-,20+,21+,22+,26+,27+,28-,32+,33+/m0/s1. The molecule has 0 saturated carbocycles. The average molecular weight is 1020 g/mol. The van der Waals surface area contributed by atoms with Crippen LogP contribution in [0.15, 0.2) is 24.8 Å². The number of ether oxygens (including phenoxy) is 3. The molecular formula is C34H56N7O21P3S. The molecule has 2 unspecified atom stereocenters. The molecule has 0 bridgehead atoms. The first-order chi connectivity index (χ1) is 30.8. The summed E-state index contributed by atoms with van der Waals surface area (Å²) >= 11 is 0.982. The molecule has 2 aliphatic rings. The monoisotopic (exact) mass is 1020 g/mol. The topological polar surface area (TPSA) is 423 Å². The van der Waals surface area contributed by atoms with Gasteiger partial charge in [0, 0.05) is 43.7 Å². The van der Waals surface area contributed by atoms with Crippen LogP contribution in [0.5, 0.6) is 0 Å². The number of carbonyl (C=O) groups is 3. The number of phosphoric acid groups is 3. The van der Waals surface area contributed by atoms with Gasteiger partial charge in [-0.25, -0.2) is 28.6 Å². The number of hydrogen-bond donors (Lipinski definition) is 11. The zero-order chi connectivity index (χ0) is 49.0. The van der Waals surface area contributed by atoms with Crippen molar-refractivity contribution in [3.8, 4) is 0 Å². The van der Waals surface area contributed by atoms with Crippen molar-refractivity contribution in [2.24, 2.45) is 5.41 Å². The number of hydrogen-bond acceptors (Lipinski definition) is 22. The third-order valence-electron chi connectivity index (χ3n) is 9.74. The molecule has 374 valence electrons. The molecule has 4 rings (SSSR count). The lowest BCUT2D eigenvalue weighted by atomic mass is 9.87. The molecule has 0 spiro atoms. The number of anilines is 1. The van der Waals surface area contributed by atoms with Gasteiger partial charge in [0.2, 0.25) is 16.9 Å². The van der Waals surface area contributed by atoms with E-state index in [4.69, 9.17) is 29.0 Å². The maximum atomic E-state index is 12.7. The third kappa shape index (κ3) is 17.3. The van der Waals surface area contributed by atoms with Gasteiger partial charge in [-0.15, -0.1) is 0 Å². The lowest BCUT2D eigenvalue weighted by molar-refractivity contribution is -0.261. The van der Waals surface area contributed by atoms with Gasteiger partial charge in [0.25, 0.3) is 0 Å². The highest BCUT2D eigenvalue weighted by molar-refractivity contribution is 8.14. The number of phosphoric ester groups is 3. The summed E-state index contributed by atoms with van der Waals surface area (Å²) in [5.41, 5.74) is 4.22. The summed E-state index contributed by atoms with van der Waals surface area (Å²) < 4.78 is 73.3. The Bertz CT molecular complexity index is 2130. The number of imidazole rings is 1. The molecule has 0 radical (unpaired) electrons. The Morgan fingerprint density at radius 1 is 1.02 bits per heavy atom. The Hall–Kier alpha value is -2.86. The van der Waals surface area contributed by atoms with Crippen LogP contribution < -0.4 is 16.4 Å². The Kier molecular flexibility index (Phi) is 20.8. The SMILES string of the molecule is C[C@@H]1O[C@@H](OCCCC/C=C/C(=O)SCCNC(=O)CCNC(=O)[C@H](O)C(C)(C)COP(=O)(O)OP(=O)(O)OC[C@H]2O[C@@H](n3cnc4c(N)ncnc43)[C@H](O)[C@@H]2OP(=O)(O)O)[C@H](O)C[C@H]1O. The van der Waals surface area contributed by atoms with Crippen molar-refractivity contribution in [3.63, 3.8) is 0 Å². The Balaban J connectivity index is 1.12. The van der Waals surface area contributed by atoms with Crippen molar-refractivity contribution in [2.75, 3.05) is 44.4 Å². The zero-order valence-electron chi connectivity index (χ0n) is 35.8. The van der Waals surface area contributed by atoms with Gasteiger partial charge in [0.1, 0.15) is 42.4 Å². The van der Waals surface area contributed by atoms with Crippen LogP contribution in [-0.2, 0) is 60.2 Å². The molecule has 11 atom stereocenters. The smallest absolute Gasteiger partial charge is 0.390 e. The minimum Gasteiger partial charge on any atom is -0.390 e. The fourth-order valence-corrected chi connectivity index (χ4v) is 9.59. The number of carbonyl (C=O) groups excluding carboxylic acids is 3. The molecule has 32 heteroatoms. The molecule has 4 heterocycles. The zero-order valence-corrected chi connectivity index (χ0v) is 39.3. The predicted molar refractivity (Wildman–Crippen MR) is 227 cm³/mol. The molecular weight excluding hydrogens is 967 g/mol. The maximum Gasteiger partial charge on any atom is 0.481 e. The number of amides is 2. The van der Waals surface area contributed by atoms with E-state index in [-0.39, 0.29) is 53.8 Å². The van der Waals surface area contributed by atoms with E-state index >= 15 is 0 Å². The van der Waals surface area contributed by atoms with Crippen LogP contribution in [0.25, 0.3) is 11.2 Å². The van der Waals surface area contributed by atoms with Crippen LogP contribution in [0.1, 0.15) is 59.1 Å². The number of rotatable bonds is 26. The van der Waals surface area contributed by atoms with Crippen molar-refractivity contribution in [1.82, 2.24) is 30.2 Å². The van der Waals surface area contributed by atoms with Gasteiger partial charge in [-0.3, -0.25) is 32.5 Å². The summed E-state index contributed by atoms with van der Waals surface area (Å²) in [6.07, 6.45) is -4.63. The van der Waals surface area contributed by atoms with Gasteiger partial charge in [-0.1, -0.05) is 31.7 Å². The molecule has 12 N–H and O–H groups in total. The van der Waals surface area contributed by atoms with Crippen LogP contribution in [0.2, 0.25) is 0 Å². The third-order valence-corrected chi connectivity index (χ3v) is 13.7. The molecule has 2 fully saturated rings. The number of nitrogens with one attached hydrogen (secondary N) is 2. The lowest BCUT2D eigenvalue weighted by Crippen LogP contribution is -2.47. The number of aliphatic hydroxyl groups excluding tert-OH is 4. The van der Waals surface area contributed by atoms with Gasteiger partial charge < -0.3 is 70.6 Å². The van der Waals surface area contributed by atoms with Crippen molar-refractivity contribution < 1.29 is 100 Å². The highest BCUT2D eigenvalue weighted by Crippen LogP contribution is 2.61. The molecule has 2 aliphatic heterocycles. The molecule has 66 heavy (non-hydrogen) atoms. The second-order valence-electron chi connectivity index (χ2n) is 15.6. The fourth-order valence-electron chi connectivity index (χ4n) is 6.17. The van der Waals surface area contributed by atoms with Crippen molar-refractivity contribution in [3.05, 3.63) is 24.8 Å². The Morgan fingerprint density at radius 3 is 2.44 bits per heavy atom. The highest BCUT2D eigenvalue weighted by atomic mass is 32.2. The molecule has 2 saturated heterocycles. The minimum absolute atomic E-state index is 0.0217. The van der Waals surface area contributed by atoms with Gasteiger partial charge in [-0.2, -0.15) is 4.31 Å². The summed E-state index contributed by atoms with van der Waals surface area (Å²) in [5.74, 6) is -1.26. The minimum atomic E-state index is -5.59. The van der Waals surface area contributed by atoms with E-state index in [0.717, 1.165) is 35.4 Å². The second kappa shape index (κ2) is 24.6. The van der Waals surface area contributed by atoms with E-state index in [1.165, 1.54) is 19.9 Å². The normalized spacial score (nSPS) is 26.2. The first kappa shape index (κ1) is 55.7. The Morgan fingerprint density at radius 2 is 1.73 bits per heavy atom. The second-order valence-corrected chi connectivity index (χ2v) is 20.9. The Labute approximate surface area is 381 Å². The molecule has 0 aromatic carbocycles. The van der Waals surface area contributed by atoms with Gasteiger partial charge >= 0.3 is 23.5 Å². The number of thioether (sulfide) groups is 1.